The van der Waals surface area contributed by atoms with Gasteiger partial charge in [0.1, 0.15) is 11.6 Å². The molecular weight excluding hydrogens is 297 g/mol. The minimum Gasteiger partial charge on any atom is -0.508 e. The van der Waals surface area contributed by atoms with Crippen LogP contribution in [0.5, 0.6) is 5.75 Å². The molecule has 0 bridgehead atoms. The molecule has 0 fully saturated rings. The van der Waals surface area contributed by atoms with Gasteiger partial charge in [0.15, 0.2) is 0 Å². The van der Waals surface area contributed by atoms with Gasteiger partial charge in [-0.25, -0.2) is 4.39 Å². The van der Waals surface area contributed by atoms with Crippen LogP contribution in [0.3, 0.4) is 0 Å². The Morgan fingerprint density at radius 3 is 2.61 bits per heavy atom. The fourth-order valence-electron chi connectivity index (χ4n) is 1.76. The van der Waals surface area contributed by atoms with Gasteiger partial charge in [0.05, 0.1) is 6.04 Å². The van der Waals surface area contributed by atoms with Gasteiger partial charge in [-0.15, -0.1) is 0 Å². The molecule has 0 saturated heterocycles. The van der Waals surface area contributed by atoms with E-state index in [0.29, 0.717) is 5.56 Å². The molecule has 18 heavy (non-hydrogen) atoms. The van der Waals surface area contributed by atoms with Crippen LogP contribution in [0.25, 0.3) is 0 Å². The monoisotopic (exact) mass is 309 g/mol. The van der Waals surface area contributed by atoms with E-state index >= 15 is 0 Å². The number of hydrogen-bond acceptors (Lipinski definition) is 2. The minimum atomic E-state index is -0.415. The maximum absolute atomic E-state index is 13.7. The average molecular weight is 310 g/mol. The van der Waals surface area contributed by atoms with E-state index in [-0.39, 0.29) is 11.8 Å². The fourth-order valence-corrected chi connectivity index (χ4v) is 2.16. The van der Waals surface area contributed by atoms with E-state index in [1.807, 2.05) is 31.2 Å². The molecule has 2 aromatic carbocycles. The maximum Gasteiger partial charge on any atom is 0.132 e. The van der Waals surface area contributed by atoms with Crippen molar-refractivity contribution in [2.24, 2.45) is 0 Å². The number of hydrogen-bond donors (Lipinski definition) is 2. The molecule has 0 saturated carbocycles. The summed E-state index contributed by atoms with van der Waals surface area (Å²) in [6.07, 6.45) is 0. The van der Waals surface area contributed by atoms with Crippen molar-refractivity contribution in [1.82, 2.24) is 0 Å². The molecule has 2 N–H and O–H groups in total. The lowest BCUT2D eigenvalue weighted by Crippen LogP contribution is -2.08. The molecule has 0 heterocycles. The first-order valence-corrected chi connectivity index (χ1v) is 6.36. The van der Waals surface area contributed by atoms with Crippen LogP contribution in [0.2, 0.25) is 0 Å². The summed E-state index contributed by atoms with van der Waals surface area (Å²) in [4.78, 5) is 0. The van der Waals surface area contributed by atoms with Gasteiger partial charge < -0.3 is 10.4 Å². The quantitative estimate of drug-likeness (QED) is 0.877. The van der Waals surface area contributed by atoms with Crippen molar-refractivity contribution in [3.63, 3.8) is 0 Å². The largest absolute Gasteiger partial charge is 0.508 e. The standard InChI is InChI=1S/C14H13BrFNO/c1-9(11-7-6-10(18)8-13(11)16)17-14-5-3-2-4-12(14)15/h2-9,17-18H,1H3. The summed E-state index contributed by atoms with van der Waals surface area (Å²) in [7, 11) is 0. The third-order valence-corrected chi connectivity index (χ3v) is 3.39. The van der Waals surface area contributed by atoms with Crippen LogP contribution in [0.1, 0.15) is 18.5 Å². The lowest BCUT2D eigenvalue weighted by Gasteiger charge is -2.17. The predicted octanol–water partition coefficient (Wildman–Crippen LogP) is 4.47. The molecule has 1 atom stereocenters. The Bertz CT molecular complexity index is 559. The average Bonchev–Trinajstić information content (AvgIpc) is 2.32. The molecule has 0 spiro atoms. The molecule has 0 aliphatic carbocycles. The summed E-state index contributed by atoms with van der Waals surface area (Å²) in [5.74, 6) is -0.480. The molecule has 2 rings (SSSR count). The molecule has 1 unspecified atom stereocenters. The molecule has 0 aliphatic heterocycles. The first kappa shape index (κ1) is 12.9. The van der Waals surface area contributed by atoms with Crippen LogP contribution in [0, 0.1) is 5.82 Å². The van der Waals surface area contributed by atoms with Crippen LogP contribution in [0.4, 0.5) is 10.1 Å². The number of rotatable bonds is 3. The SMILES string of the molecule is CC(Nc1ccccc1Br)c1ccc(O)cc1F. The third-order valence-electron chi connectivity index (χ3n) is 2.70. The highest BCUT2D eigenvalue weighted by molar-refractivity contribution is 9.10. The first-order valence-electron chi connectivity index (χ1n) is 5.57. The predicted molar refractivity (Wildman–Crippen MR) is 74.2 cm³/mol. The van der Waals surface area contributed by atoms with Crippen molar-refractivity contribution >= 4 is 21.6 Å². The molecule has 2 nitrogen and oxygen atoms in total. The number of phenolic OH excluding ortho intramolecular Hbond substituents is 1. The molecule has 0 radical (unpaired) electrons. The second kappa shape index (κ2) is 5.40. The van der Waals surface area contributed by atoms with Crippen LogP contribution in [-0.2, 0) is 0 Å². The second-order valence-electron chi connectivity index (χ2n) is 4.05. The van der Waals surface area contributed by atoms with E-state index in [9.17, 15) is 9.50 Å². The zero-order valence-electron chi connectivity index (χ0n) is 9.82. The van der Waals surface area contributed by atoms with E-state index in [1.54, 1.807) is 6.07 Å². The van der Waals surface area contributed by atoms with Crippen molar-refractivity contribution in [3.8, 4) is 5.75 Å². The van der Waals surface area contributed by atoms with Crippen molar-refractivity contribution in [2.75, 3.05) is 5.32 Å². The Morgan fingerprint density at radius 2 is 1.94 bits per heavy atom. The van der Waals surface area contributed by atoms with Crippen LogP contribution in [0.15, 0.2) is 46.9 Å². The molecule has 0 aromatic heterocycles. The number of anilines is 1. The van der Waals surface area contributed by atoms with Gasteiger partial charge >= 0.3 is 0 Å². The van der Waals surface area contributed by atoms with E-state index in [2.05, 4.69) is 21.2 Å². The zero-order chi connectivity index (χ0) is 13.1. The van der Waals surface area contributed by atoms with E-state index in [4.69, 9.17) is 0 Å². The molecule has 4 heteroatoms. The number of phenols is 1. The van der Waals surface area contributed by atoms with Gasteiger partial charge in [-0.3, -0.25) is 0 Å². The Hall–Kier alpha value is -1.55. The molecule has 94 valence electrons. The lowest BCUT2D eigenvalue weighted by molar-refractivity contribution is 0.467. The fraction of sp³-hybridized carbons (Fsp3) is 0.143. The number of halogens is 2. The first-order chi connectivity index (χ1) is 8.58. The minimum absolute atomic E-state index is 0.0654. The topological polar surface area (TPSA) is 32.3 Å². The summed E-state index contributed by atoms with van der Waals surface area (Å²) in [5, 5.41) is 12.4. The number of aromatic hydroxyl groups is 1. The smallest absolute Gasteiger partial charge is 0.132 e. The highest BCUT2D eigenvalue weighted by Gasteiger charge is 2.12. The number of nitrogens with one attached hydrogen (secondary N) is 1. The summed E-state index contributed by atoms with van der Waals surface area (Å²) >= 11 is 3.43. The summed E-state index contributed by atoms with van der Waals surface area (Å²) in [6.45, 7) is 1.87. The maximum atomic E-state index is 13.7. The van der Waals surface area contributed by atoms with Gasteiger partial charge in [-0.05, 0) is 41.1 Å². The van der Waals surface area contributed by atoms with Crippen molar-refractivity contribution in [3.05, 3.63) is 58.3 Å². The van der Waals surface area contributed by atoms with Crippen LogP contribution in [-0.4, -0.2) is 5.11 Å². The van der Waals surface area contributed by atoms with Crippen molar-refractivity contribution < 1.29 is 9.50 Å². The van der Waals surface area contributed by atoms with Gasteiger partial charge in [0.2, 0.25) is 0 Å². The van der Waals surface area contributed by atoms with E-state index in [0.717, 1.165) is 16.2 Å². The molecule has 2 aromatic rings. The summed E-state index contributed by atoms with van der Waals surface area (Å²) in [6, 6.07) is 11.7. The molecule has 0 amide bonds. The van der Waals surface area contributed by atoms with E-state index < -0.39 is 5.82 Å². The number of benzene rings is 2. The number of para-hydroxylation sites is 1. The van der Waals surface area contributed by atoms with Crippen molar-refractivity contribution in [1.29, 1.82) is 0 Å². The van der Waals surface area contributed by atoms with Gasteiger partial charge in [-0.1, -0.05) is 18.2 Å². The summed E-state index contributed by atoms with van der Waals surface area (Å²) in [5.41, 5.74) is 1.42. The second-order valence-corrected chi connectivity index (χ2v) is 4.91. The van der Waals surface area contributed by atoms with Crippen molar-refractivity contribution in [2.45, 2.75) is 13.0 Å². The van der Waals surface area contributed by atoms with Gasteiger partial charge in [0, 0.05) is 21.8 Å². The zero-order valence-corrected chi connectivity index (χ0v) is 11.4. The Labute approximate surface area is 114 Å². The van der Waals surface area contributed by atoms with Gasteiger partial charge in [0.25, 0.3) is 0 Å². The lowest BCUT2D eigenvalue weighted by atomic mass is 10.1. The summed E-state index contributed by atoms with van der Waals surface area (Å²) < 4.78 is 14.6. The van der Waals surface area contributed by atoms with Crippen LogP contribution < -0.4 is 5.32 Å². The Kier molecular flexibility index (Phi) is 3.87. The highest BCUT2D eigenvalue weighted by atomic mass is 79.9. The Balaban J connectivity index is 2.22. The molecule has 0 aliphatic rings. The van der Waals surface area contributed by atoms with Gasteiger partial charge in [-0.2, -0.15) is 0 Å². The van der Waals surface area contributed by atoms with Crippen LogP contribution >= 0.6 is 15.9 Å². The third kappa shape index (κ3) is 2.82. The normalized spacial score (nSPS) is 12.2. The van der Waals surface area contributed by atoms with E-state index in [1.165, 1.54) is 6.07 Å². The Morgan fingerprint density at radius 1 is 1.22 bits per heavy atom. The molecular formula is C14H13BrFNO. The highest BCUT2D eigenvalue weighted by Crippen LogP contribution is 2.28.